The van der Waals surface area contributed by atoms with Crippen molar-refractivity contribution in [2.24, 2.45) is 0 Å². The van der Waals surface area contributed by atoms with E-state index >= 15 is 0 Å². The molecule has 0 saturated heterocycles. The summed E-state index contributed by atoms with van der Waals surface area (Å²) in [7, 11) is 1.92. The molecule has 0 spiro atoms. The van der Waals surface area contributed by atoms with Gasteiger partial charge in [-0.15, -0.1) is 0 Å². The van der Waals surface area contributed by atoms with Gasteiger partial charge in [-0.05, 0) is 31.7 Å². The number of benzene rings is 1. The van der Waals surface area contributed by atoms with Crippen LogP contribution < -0.4 is 0 Å². The van der Waals surface area contributed by atoms with E-state index < -0.39 is 0 Å². The highest BCUT2D eigenvalue weighted by atomic mass is 16.5. The normalized spacial score (nSPS) is 10.6. The zero-order valence-corrected chi connectivity index (χ0v) is 10.3. The molecule has 1 rings (SSSR count). The van der Waals surface area contributed by atoms with Gasteiger partial charge in [-0.2, -0.15) is 0 Å². The lowest BCUT2D eigenvalue weighted by Gasteiger charge is -2.15. The van der Waals surface area contributed by atoms with Gasteiger partial charge in [0.25, 0.3) is 0 Å². The summed E-state index contributed by atoms with van der Waals surface area (Å²) in [6.45, 7) is 3.62. The molecule has 0 radical (unpaired) electrons. The van der Waals surface area contributed by atoms with Crippen LogP contribution in [0.25, 0.3) is 0 Å². The Bertz CT molecular complexity index is 365. The quantitative estimate of drug-likeness (QED) is 0.757. The van der Waals surface area contributed by atoms with Gasteiger partial charge in [0.1, 0.15) is 0 Å². The molecule has 1 aromatic carbocycles. The van der Waals surface area contributed by atoms with Gasteiger partial charge in [0.05, 0.1) is 18.8 Å². The first-order valence-electron chi connectivity index (χ1n) is 5.72. The Hall–Kier alpha value is -1.39. The van der Waals surface area contributed by atoms with Crippen molar-refractivity contribution < 1.29 is 14.6 Å². The lowest BCUT2D eigenvalue weighted by molar-refractivity contribution is 0.0526. The fraction of sp³-hybridized carbons (Fsp3) is 0.462. The third kappa shape index (κ3) is 4.54. The molecule has 0 aliphatic heterocycles. The Morgan fingerprint density at radius 1 is 1.47 bits per heavy atom. The highest BCUT2D eigenvalue weighted by molar-refractivity contribution is 5.89. The Kier molecular flexibility index (Phi) is 5.66. The van der Waals surface area contributed by atoms with Crippen LogP contribution in [0, 0.1) is 0 Å². The van der Waals surface area contributed by atoms with E-state index in [4.69, 9.17) is 9.84 Å². The zero-order valence-electron chi connectivity index (χ0n) is 10.3. The summed E-state index contributed by atoms with van der Waals surface area (Å²) in [5.74, 6) is -0.292. The second-order valence-electron chi connectivity index (χ2n) is 3.88. The van der Waals surface area contributed by atoms with Crippen LogP contribution >= 0.6 is 0 Å². The van der Waals surface area contributed by atoms with E-state index in [1.54, 1.807) is 13.0 Å². The van der Waals surface area contributed by atoms with Crippen LogP contribution in [0.15, 0.2) is 24.3 Å². The third-order valence-corrected chi connectivity index (χ3v) is 2.37. The van der Waals surface area contributed by atoms with Crippen molar-refractivity contribution in [3.8, 4) is 0 Å². The van der Waals surface area contributed by atoms with Gasteiger partial charge in [0.15, 0.2) is 0 Å². The summed E-state index contributed by atoms with van der Waals surface area (Å²) >= 11 is 0. The molecule has 0 aliphatic rings. The number of likely N-dealkylation sites (N-methyl/N-ethyl adjacent to an activating group) is 1. The number of aliphatic hydroxyl groups excluding tert-OH is 1. The highest BCUT2D eigenvalue weighted by Crippen LogP contribution is 2.08. The number of rotatable bonds is 6. The predicted octanol–water partition coefficient (Wildman–Crippen LogP) is 1.29. The molecule has 0 unspecified atom stereocenters. The molecule has 0 aromatic heterocycles. The first-order valence-corrected chi connectivity index (χ1v) is 5.72. The number of hydrogen-bond donors (Lipinski definition) is 1. The third-order valence-electron chi connectivity index (χ3n) is 2.37. The summed E-state index contributed by atoms with van der Waals surface area (Å²) in [5, 5.41) is 8.81. The summed E-state index contributed by atoms with van der Waals surface area (Å²) in [6, 6.07) is 7.37. The summed E-state index contributed by atoms with van der Waals surface area (Å²) in [6.07, 6.45) is 0. The minimum Gasteiger partial charge on any atom is -0.462 e. The van der Waals surface area contributed by atoms with E-state index in [1.165, 1.54) is 0 Å². The molecule has 1 aromatic rings. The fourth-order valence-electron chi connectivity index (χ4n) is 1.57. The van der Waals surface area contributed by atoms with E-state index in [1.807, 2.05) is 30.1 Å². The van der Waals surface area contributed by atoms with Crippen LogP contribution in [0.2, 0.25) is 0 Å². The first kappa shape index (κ1) is 13.7. The van der Waals surface area contributed by atoms with Gasteiger partial charge in [0, 0.05) is 13.1 Å². The molecule has 94 valence electrons. The first-order chi connectivity index (χ1) is 8.17. The van der Waals surface area contributed by atoms with Crippen molar-refractivity contribution in [3.63, 3.8) is 0 Å². The van der Waals surface area contributed by atoms with E-state index in [-0.39, 0.29) is 12.6 Å². The Balaban J connectivity index is 2.68. The van der Waals surface area contributed by atoms with Crippen LogP contribution in [0.1, 0.15) is 22.8 Å². The largest absolute Gasteiger partial charge is 0.462 e. The lowest BCUT2D eigenvalue weighted by Crippen LogP contribution is -2.21. The second kappa shape index (κ2) is 7.04. The molecule has 0 heterocycles. The number of carbonyl (C=O) groups excluding carboxylic acids is 1. The molecule has 17 heavy (non-hydrogen) atoms. The van der Waals surface area contributed by atoms with Crippen LogP contribution in [0.5, 0.6) is 0 Å². The summed E-state index contributed by atoms with van der Waals surface area (Å²) < 4.78 is 4.94. The molecule has 4 heteroatoms. The highest BCUT2D eigenvalue weighted by Gasteiger charge is 2.07. The number of carbonyl (C=O) groups is 1. The number of ether oxygens (including phenoxy) is 1. The van der Waals surface area contributed by atoms with E-state index in [2.05, 4.69) is 0 Å². The molecule has 0 fully saturated rings. The van der Waals surface area contributed by atoms with Gasteiger partial charge in [-0.1, -0.05) is 12.1 Å². The number of esters is 1. The van der Waals surface area contributed by atoms with Crippen LogP contribution in [0.3, 0.4) is 0 Å². The average molecular weight is 237 g/mol. The van der Waals surface area contributed by atoms with E-state index in [9.17, 15) is 4.79 Å². The van der Waals surface area contributed by atoms with Gasteiger partial charge in [0.2, 0.25) is 0 Å². The molecule has 0 bridgehead atoms. The Morgan fingerprint density at radius 3 is 2.88 bits per heavy atom. The summed E-state index contributed by atoms with van der Waals surface area (Å²) in [4.78, 5) is 13.5. The number of aliphatic hydroxyl groups is 1. The topological polar surface area (TPSA) is 49.8 Å². The molecular weight excluding hydrogens is 218 g/mol. The minimum atomic E-state index is -0.292. The SMILES string of the molecule is CCOC(=O)c1cccc(CN(C)CCO)c1. The van der Waals surface area contributed by atoms with Crippen molar-refractivity contribution in [1.29, 1.82) is 0 Å². The van der Waals surface area contributed by atoms with Crippen LogP contribution in [-0.4, -0.2) is 42.8 Å². The van der Waals surface area contributed by atoms with Crippen LogP contribution in [-0.2, 0) is 11.3 Å². The smallest absolute Gasteiger partial charge is 0.338 e. The molecule has 0 atom stereocenters. The van der Waals surface area contributed by atoms with Gasteiger partial charge < -0.3 is 9.84 Å². The van der Waals surface area contributed by atoms with Crippen molar-refractivity contribution >= 4 is 5.97 Å². The van der Waals surface area contributed by atoms with Crippen molar-refractivity contribution in [1.82, 2.24) is 4.90 Å². The van der Waals surface area contributed by atoms with Crippen molar-refractivity contribution in [2.75, 3.05) is 26.8 Å². The zero-order chi connectivity index (χ0) is 12.7. The van der Waals surface area contributed by atoms with Crippen molar-refractivity contribution in [3.05, 3.63) is 35.4 Å². The Labute approximate surface area is 102 Å². The van der Waals surface area contributed by atoms with Crippen molar-refractivity contribution in [2.45, 2.75) is 13.5 Å². The predicted molar refractivity (Wildman–Crippen MR) is 65.8 cm³/mol. The van der Waals surface area contributed by atoms with E-state index in [0.717, 1.165) is 5.56 Å². The monoisotopic (exact) mass is 237 g/mol. The molecule has 4 nitrogen and oxygen atoms in total. The molecular formula is C13H19NO3. The van der Waals surface area contributed by atoms with E-state index in [0.29, 0.717) is 25.3 Å². The maximum Gasteiger partial charge on any atom is 0.338 e. The maximum atomic E-state index is 11.5. The minimum absolute atomic E-state index is 0.133. The maximum absolute atomic E-state index is 11.5. The van der Waals surface area contributed by atoms with Gasteiger partial charge >= 0.3 is 5.97 Å². The average Bonchev–Trinajstić information content (AvgIpc) is 2.30. The second-order valence-corrected chi connectivity index (χ2v) is 3.88. The van der Waals surface area contributed by atoms with Gasteiger partial charge in [-0.25, -0.2) is 4.79 Å². The summed E-state index contributed by atoms with van der Waals surface area (Å²) in [5.41, 5.74) is 1.60. The molecule has 1 N–H and O–H groups in total. The lowest BCUT2D eigenvalue weighted by atomic mass is 10.1. The number of nitrogens with zero attached hydrogens (tertiary/aromatic N) is 1. The standard InChI is InChI=1S/C13H19NO3/c1-3-17-13(16)12-6-4-5-11(9-12)10-14(2)7-8-15/h4-6,9,15H,3,7-8,10H2,1-2H3. The van der Waals surface area contributed by atoms with Crippen LogP contribution in [0.4, 0.5) is 0 Å². The Morgan fingerprint density at radius 2 is 2.24 bits per heavy atom. The molecule has 0 amide bonds. The fourth-order valence-corrected chi connectivity index (χ4v) is 1.57. The molecule has 0 saturated carbocycles. The number of hydrogen-bond acceptors (Lipinski definition) is 4. The molecule has 0 aliphatic carbocycles. The van der Waals surface area contributed by atoms with Gasteiger partial charge in [-0.3, -0.25) is 4.90 Å².